The molecule has 0 saturated carbocycles. The molecule has 0 bridgehead atoms. The summed E-state index contributed by atoms with van der Waals surface area (Å²) in [4.78, 5) is 11.8. The molecule has 0 saturated heterocycles. The lowest BCUT2D eigenvalue weighted by molar-refractivity contribution is 0.580. The van der Waals surface area contributed by atoms with Gasteiger partial charge >= 0.3 is 0 Å². The second-order valence-electron chi connectivity index (χ2n) is 4.15. The fourth-order valence-electron chi connectivity index (χ4n) is 1.74. The Balaban J connectivity index is 2.11. The second-order valence-corrected chi connectivity index (χ2v) is 4.15. The third-order valence-electron chi connectivity index (χ3n) is 2.76. The first-order valence-corrected chi connectivity index (χ1v) is 6.03. The van der Waals surface area contributed by atoms with Gasteiger partial charge in [-0.25, -0.2) is 4.98 Å². The molecule has 2 aromatic heterocycles. The van der Waals surface area contributed by atoms with E-state index >= 15 is 0 Å². The molecule has 4 nitrogen and oxygen atoms in total. The van der Waals surface area contributed by atoms with Crippen LogP contribution < -0.4 is 5.73 Å². The minimum absolute atomic E-state index is 0.00703. The van der Waals surface area contributed by atoms with Crippen LogP contribution in [-0.4, -0.2) is 15.0 Å². The van der Waals surface area contributed by atoms with Crippen molar-refractivity contribution in [3.8, 4) is 11.4 Å². The minimum Gasteiger partial charge on any atom is -0.339 e. The maximum atomic E-state index is 6.06. The lowest BCUT2D eigenvalue weighted by atomic mass is 10.1. The fraction of sp³-hybridized carbons (Fsp3) is 0.385. The number of pyridine rings is 1. The van der Waals surface area contributed by atoms with Gasteiger partial charge in [0.2, 0.25) is 0 Å². The molecule has 1 unspecified atom stereocenters. The molecule has 2 aromatic rings. The number of rotatable bonds is 5. The number of nitrogens with two attached hydrogens (primary N) is 1. The quantitative estimate of drug-likeness (QED) is 0.829. The van der Waals surface area contributed by atoms with Crippen LogP contribution >= 0.6 is 0 Å². The minimum atomic E-state index is -0.00703. The lowest BCUT2D eigenvalue weighted by Crippen LogP contribution is -2.11. The number of hydrogen-bond acceptors (Lipinski definition) is 3. The first-order valence-electron chi connectivity index (χ1n) is 6.03. The van der Waals surface area contributed by atoms with Gasteiger partial charge in [0.1, 0.15) is 5.82 Å². The number of nitrogens with one attached hydrogen (secondary N) is 1. The summed E-state index contributed by atoms with van der Waals surface area (Å²) >= 11 is 0. The van der Waals surface area contributed by atoms with Gasteiger partial charge in [0.25, 0.3) is 0 Å². The summed E-state index contributed by atoms with van der Waals surface area (Å²) in [5, 5.41) is 0. The Morgan fingerprint density at radius 2 is 2.24 bits per heavy atom. The van der Waals surface area contributed by atoms with Gasteiger partial charge in [-0.05, 0) is 18.6 Å². The molecule has 3 N–H and O–H groups in total. The van der Waals surface area contributed by atoms with Crippen molar-refractivity contribution in [2.75, 3.05) is 0 Å². The molecule has 0 fully saturated rings. The molecular weight excluding hydrogens is 212 g/mol. The molecule has 2 rings (SSSR count). The molecular formula is C13H18N4. The van der Waals surface area contributed by atoms with Gasteiger partial charge < -0.3 is 10.7 Å². The summed E-state index contributed by atoms with van der Waals surface area (Å²) in [6.07, 6.45) is 6.81. The summed E-state index contributed by atoms with van der Waals surface area (Å²) < 4.78 is 0. The normalized spacial score (nSPS) is 12.6. The zero-order valence-corrected chi connectivity index (χ0v) is 10.1. The van der Waals surface area contributed by atoms with Crippen LogP contribution in [0.5, 0.6) is 0 Å². The van der Waals surface area contributed by atoms with Crippen molar-refractivity contribution in [3.05, 3.63) is 36.4 Å². The summed E-state index contributed by atoms with van der Waals surface area (Å²) in [5.74, 6) is 0.846. The molecule has 0 radical (unpaired) electrons. The molecule has 1 atom stereocenters. The van der Waals surface area contributed by atoms with Gasteiger partial charge in [-0.3, -0.25) is 4.98 Å². The number of unbranched alkanes of at least 4 members (excludes halogenated alkanes) is 1. The van der Waals surface area contributed by atoms with Gasteiger partial charge in [0.05, 0.1) is 23.6 Å². The lowest BCUT2D eigenvalue weighted by Gasteiger charge is -2.06. The first-order chi connectivity index (χ1) is 8.31. The van der Waals surface area contributed by atoms with Crippen molar-refractivity contribution in [3.63, 3.8) is 0 Å². The van der Waals surface area contributed by atoms with Gasteiger partial charge in [-0.2, -0.15) is 0 Å². The highest BCUT2D eigenvalue weighted by molar-refractivity contribution is 5.52. The maximum absolute atomic E-state index is 6.06. The smallest absolute Gasteiger partial charge is 0.123 e. The Hall–Kier alpha value is -1.68. The summed E-state index contributed by atoms with van der Waals surface area (Å²) in [7, 11) is 0. The molecule has 0 aliphatic rings. The van der Waals surface area contributed by atoms with Crippen LogP contribution in [0, 0.1) is 0 Å². The van der Waals surface area contributed by atoms with E-state index < -0.39 is 0 Å². The van der Waals surface area contributed by atoms with Crippen LogP contribution in [-0.2, 0) is 0 Å². The molecule has 90 valence electrons. The Morgan fingerprint density at radius 3 is 2.94 bits per heavy atom. The first kappa shape index (κ1) is 11.8. The monoisotopic (exact) mass is 230 g/mol. The molecule has 2 heterocycles. The van der Waals surface area contributed by atoms with Crippen molar-refractivity contribution in [1.82, 2.24) is 15.0 Å². The highest BCUT2D eigenvalue weighted by Gasteiger charge is 2.10. The topological polar surface area (TPSA) is 67.6 Å². The standard InChI is InChI=1S/C13H18N4/c1-2-3-6-10(14)13-16-9-12(17-13)11-7-4-5-8-15-11/h4-5,7-10H,2-3,6,14H2,1H3,(H,16,17). The fourth-order valence-corrected chi connectivity index (χ4v) is 1.74. The van der Waals surface area contributed by atoms with E-state index in [1.807, 2.05) is 18.2 Å². The van der Waals surface area contributed by atoms with Crippen LogP contribution in [0.3, 0.4) is 0 Å². The average Bonchev–Trinajstić information content (AvgIpc) is 2.86. The number of aromatic nitrogens is 3. The zero-order chi connectivity index (χ0) is 12.1. The van der Waals surface area contributed by atoms with E-state index in [1.165, 1.54) is 0 Å². The largest absolute Gasteiger partial charge is 0.339 e. The average molecular weight is 230 g/mol. The van der Waals surface area contributed by atoms with Gasteiger partial charge in [-0.15, -0.1) is 0 Å². The highest BCUT2D eigenvalue weighted by atomic mass is 15.0. The van der Waals surface area contributed by atoms with Gasteiger partial charge in [0, 0.05) is 6.20 Å². The zero-order valence-electron chi connectivity index (χ0n) is 10.1. The van der Waals surface area contributed by atoms with Gasteiger partial charge in [0.15, 0.2) is 0 Å². The highest BCUT2D eigenvalue weighted by Crippen LogP contribution is 2.18. The van der Waals surface area contributed by atoms with Crippen molar-refractivity contribution in [2.45, 2.75) is 32.2 Å². The number of H-pyrrole nitrogens is 1. The van der Waals surface area contributed by atoms with Crippen molar-refractivity contribution >= 4 is 0 Å². The van der Waals surface area contributed by atoms with Crippen molar-refractivity contribution in [2.24, 2.45) is 5.73 Å². The third kappa shape index (κ3) is 2.91. The van der Waals surface area contributed by atoms with E-state index in [-0.39, 0.29) is 6.04 Å². The van der Waals surface area contributed by atoms with Crippen molar-refractivity contribution in [1.29, 1.82) is 0 Å². The number of aromatic amines is 1. The maximum Gasteiger partial charge on any atom is 0.123 e. The Kier molecular flexibility index (Phi) is 3.88. The van der Waals surface area contributed by atoms with E-state index in [4.69, 9.17) is 5.73 Å². The summed E-state index contributed by atoms with van der Waals surface area (Å²) in [5.41, 5.74) is 7.88. The van der Waals surface area contributed by atoms with E-state index in [1.54, 1.807) is 12.4 Å². The van der Waals surface area contributed by atoms with E-state index in [0.29, 0.717) is 0 Å². The van der Waals surface area contributed by atoms with E-state index in [9.17, 15) is 0 Å². The summed E-state index contributed by atoms with van der Waals surface area (Å²) in [6, 6.07) is 5.80. The number of nitrogens with zero attached hydrogens (tertiary/aromatic N) is 2. The third-order valence-corrected chi connectivity index (χ3v) is 2.76. The van der Waals surface area contributed by atoms with Crippen LogP contribution in [0.4, 0.5) is 0 Å². The molecule has 0 spiro atoms. The Bertz CT molecular complexity index is 449. The number of hydrogen-bond donors (Lipinski definition) is 2. The van der Waals surface area contributed by atoms with Crippen molar-refractivity contribution < 1.29 is 0 Å². The van der Waals surface area contributed by atoms with Crippen LogP contribution in [0.1, 0.15) is 38.1 Å². The van der Waals surface area contributed by atoms with Crippen LogP contribution in [0.2, 0.25) is 0 Å². The second kappa shape index (κ2) is 5.59. The van der Waals surface area contributed by atoms with E-state index in [0.717, 1.165) is 36.5 Å². The number of imidazole rings is 1. The van der Waals surface area contributed by atoms with E-state index in [2.05, 4.69) is 21.9 Å². The van der Waals surface area contributed by atoms with Crippen LogP contribution in [0.25, 0.3) is 11.4 Å². The molecule has 0 aliphatic carbocycles. The molecule has 0 aromatic carbocycles. The molecule has 0 aliphatic heterocycles. The SMILES string of the molecule is CCCCC(N)c1ncc(-c2ccccn2)[nH]1. The molecule has 4 heteroatoms. The Morgan fingerprint density at radius 1 is 1.35 bits per heavy atom. The predicted octanol–water partition coefficient (Wildman–Crippen LogP) is 2.66. The predicted molar refractivity (Wildman–Crippen MR) is 68.3 cm³/mol. The molecule has 0 amide bonds. The Labute approximate surface area is 101 Å². The van der Waals surface area contributed by atoms with Crippen LogP contribution in [0.15, 0.2) is 30.6 Å². The van der Waals surface area contributed by atoms with Gasteiger partial charge in [-0.1, -0.05) is 25.8 Å². The summed E-state index contributed by atoms with van der Waals surface area (Å²) in [6.45, 7) is 2.16. The molecule has 17 heavy (non-hydrogen) atoms.